The van der Waals surface area contributed by atoms with Crippen molar-refractivity contribution in [1.29, 1.82) is 5.26 Å². The third-order valence-electron chi connectivity index (χ3n) is 2.62. The molecule has 0 aliphatic rings. The van der Waals surface area contributed by atoms with Gasteiger partial charge in [-0.1, -0.05) is 13.3 Å². The monoisotopic (exact) mass is 262 g/mol. The standard InChI is InChI=1S/C14H18N2O3/c1-2-3-13(14(17)18)16-8-9-19-12-6-4-11(10-15)5-7-12/h4-7,13,16H,2-3,8-9H2,1H3,(H,17,18). The molecule has 1 atom stereocenters. The Hall–Kier alpha value is -2.06. The number of hydrogen-bond donors (Lipinski definition) is 2. The van der Waals surface area contributed by atoms with Gasteiger partial charge in [-0.05, 0) is 30.7 Å². The van der Waals surface area contributed by atoms with E-state index in [0.717, 1.165) is 6.42 Å². The molecule has 2 N–H and O–H groups in total. The molecule has 1 aromatic rings. The Morgan fingerprint density at radius 1 is 1.47 bits per heavy atom. The quantitative estimate of drug-likeness (QED) is 0.698. The van der Waals surface area contributed by atoms with Crippen LogP contribution in [0.1, 0.15) is 25.3 Å². The zero-order chi connectivity index (χ0) is 14.1. The van der Waals surface area contributed by atoms with Gasteiger partial charge in [0.25, 0.3) is 0 Å². The molecule has 102 valence electrons. The summed E-state index contributed by atoms with van der Waals surface area (Å²) in [6, 6.07) is 8.31. The Morgan fingerprint density at radius 2 is 2.16 bits per heavy atom. The molecule has 0 saturated carbocycles. The zero-order valence-corrected chi connectivity index (χ0v) is 10.9. The Morgan fingerprint density at radius 3 is 2.68 bits per heavy atom. The lowest BCUT2D eigenvalue weighted by Gasteiger charge is -2.13. The molecule has 5 nitrogen and oxygen atoms in total. The number of ether oxygens (including phenoxy) is 1. The van der Waals surface area contributed by atoms with E-state index in [9.17, 15) is 4.79 Å². The average molecular weight is 262 g/mol. The van der Waals surface area contributed by atoms with Crippen LogP contribution in [-0.4, -0.2) is 30.3 Å². The van der Waals surface area contributed by atoms with Crippen LogP contribution in [0.5, 0.6) is 5.75 Å². The van der Waals surface area contributed by atoms with Crippen molar-refractivity contribution in [2.24, 2.45) is 0 Å². The lowest BCUT2D eigenvalue weighted by molar-refractivity contribution is -0.139. The van der Waals surface area contributed by atoms with Crippen LogP contribution in [-0.2, 0) is 4.79 Å². The number of carboxylic acid groups (broad SMARTS) is 1. The smallest absolute Gasteiger partial charge is 0.320 e. The van der Waals surface area contributed by atoms with Gasteiger partial charge in [-0.15, -0.1) is 0 Å². The van der Waals surface area contributed by atoms with Crippen LogP contribution >= 0.6 is 0 Å². The van der Waals surface area contributed by atoms with Crippen LogP contribution < -0.4 is 10.1 Å². The number of nitrogens with one attached hydrogen (secondary N) is 1. The maximum Gasteiger partial charge on any atom is 0.320 e. The second-order valence-electron chi connectivity index (χ2n) is 4.12. The maximum absolute atomic E-state index is 10.9. The number of aliphatic carboxylic acids is 1. The molecule has 0 fully saturated rings. The Balaban J connectivity index is 2.29. The Bertz CT molecular complexity index is 437. The third-order valence-corrected chi connectivity index (χ3v) is 2.62. The van der Waals surface area contributed by atoms with Crippen LogP contribution in [0.25, 0.3) is 0 Å². The number of hydrogen-bond acceptors (Lipinski definition) is 4. The normalized spacial score (nSPS) is 11.6. The van der Waals surface area contributed by atoms with E-state index in [1.807, 2.05) is 13.0 Å². The molecule has 0 aliphatic carbocycles. The summed E-state index contributed by atoms with van der Waals surface area (Å²) >= 11 is 0. The number of carboxylic acids is 1. The van der Waals surface area contributed by atoms with Crippen molar-refractivity contribution in [2.75, 3.05) is 13.2 Å². The summed E-state index contributed by atoms with van der Waals surface area (Å²) in [5, 5.41) is 20.5. The van der Waals surface area contributed by atoms with Crippen LogP contribution in [0.4, 0.5) is 0 Å². The minimum absolute atomic E-state index is 0.388. The first-order chi connectivity index (χ1) is 9.17. The van der Waals surface area contributed by atoms with E-state index >= 15 is 0 Å². The topological polar surface area (TPSA) is 82.3 Å². The van der Waals surface area contributed by atoms with Gasteiger partial charge in [0, 0.05) is 6.54 Å². The van der Waals surface area contributed by atoms with Crippen LogP contribution in [0, 0.1) is 11.3 Å². The fourth-order valence-corrected chi connectivity index (χ4v) is 1.63. The van der Waals surface area contributed by atoms with E-state index in [0.29, 0.717) is 30.9 Å². The molecule has 19 heavy (non-hydrogen) atoms. The summed E-state index contributed by atoms with van der Waals surface area (Å²) in [6.45, 7) is 2.81. The summed E-state index contributed by atoms with van der Waals surface area (Å²) in [5.41, 5.74) is 0.583. The predicted molar refractivity (Wildman–Crippen MR) is 71.0 cm³/mol. The summed E-state index contributed by atoms with van der Waals surface area (Å²) < 4.78 is 5.45. The predicted octanol–water partition coefficient (Wildman–Crippen LogP) is 1.78. The number of rotatable bonds is 8. The molecule has 0 saturated heterocycles. The van der Waals surface area contributed by atoms with Crippen molar-refractivity contribution in [3.8, 4) is 11.8 Å². The fraction of sp³-hybridized carbons (Fsp3) is 0.429. The van der Waals surface area contributed by atoms with E-state index in [2.05, 4.69) is 5.32 Å². The lowest BCUT2D eigenvalue weighted by atomic mass is 10.2. The molecular formula is C14H18N2O3. The highest BCUT2D eigenvalue weighted by Gasteiger charge is 2.14. The first kappa shape index (κ1) is 15.0. The van der Waals surface area contributed by atoms with Gasteiger partial charge in [-0.2, -0.15) is 5.26 Å². The van der Waals surface area contributed by atoms with E-state index in [-0.39, 0.29) is 0 Å². The van der Waals surface area contributed by atoms with Gasteiger partial charge in [0.2, 0.25) is 0 Å². The number of nitrogens with zero attached hydrogens (tertiary/aromatic N) is 1. The van der Waals surface area contributed by atoms with Gasteiger partial charge in [0.15, 0.2) is 0 Å². The van der Waals surface area contributed by atoms with Crippen molar-refractivity contribution in [3.05, 3.63) is 29.8 Å². The molecular weight excluding hydrogens is 244 g/mol. The van der Waals surface area contributed by atoms with Crippen LogP contribution in [0.3, 0.4) is 0 Å². The molecule has 0 radical (unpaired) electrons. The van der Waals surface area contributed by atoms with E-state index in [1.165, 1.54) is 0 Å². The van der Waals surface area contributed by atoms with Gasteiger partial charge in [-0.3, -0.25) is 4.79 Å². The second kappa shape index (κ2) is 8.11. The highest BCUT2D eigenvalue weighted by Crippen LogP contribution is 2.11. The molecule has 0 amide bonds. The minimum Gasteiger partial charge on any atom is -0.492 e. The SMILES string of the molecule is CCCC(NCCOc1ccc(C#N)cc1)C(=O)O. The average Bonchev–Trinajstić information content (AvgIpc) is 2.42. The maximum atomic E-state index is 10.9. The molecule has 1 aromatic carbocycles. The van der Waals surface area contributed by atoms with Crippen molar-refractivity contribution in [1.82, 2.24) is 5.32 Å². The minimum atomic E-state index is -0.833. The highest BCUT2D eigenvalue weighted by atomic mass is 16.5. The fourth-order valence-electron chi connectivity index (χ4n) is 1.63. The van der Waals surface area contributed by atoms with Gasteiger partial charge in [0.1, 0.15) is 18.4 Å². The highest BCUT2D eigenvalue weighted by molar-refractivity contribution is 5.73. The van der Waals surface area contributed by atoms with Gasteiger partial charge in [-0.25, -0.2) is 0 Å². The van der Waals surface area contributed by atoms with Gasteiger partial charge < -0.3 is 15.2 Å². The second-order valence-corrected chi connectivity index (χ2v) is 4.12. The van der Waals surface area contributed by atoms with Crippen molar-refractivity contribution in [3.63, 3.8) is 0 Å². The van der Waals surface area contributed by atoms with Crippen molar-refractivity contribution < 1.29 is 14.6 Å². The number of benzene rings is 1. The molecule has 0 spiro atoms. The van der Waals surface area contributed by atoms with Crippen LogP contribution in [0.2, 0.25) is 0 Å². The Kier molecular flexibility index (Phi) is 6.41. The van der Waals surface area contributed by atoms with Gasteiger partial charge >= 0.3 is 5.97 Å². The third kappa shape index (κ3) is 5.40. The molecule has 0 bridgehead atoms. The molecule has 1 rings (SSSR count). The summed E-state index contributed by atoms with van der Waals surface area (Å²) in [7, 11) is 0. The van der Waals surface area contributed by atoms with Crippen LogP contribution in [0.15, 0.2) is 24.3 Å². The number of carbonyl (C=O) groups is 1. The molecule has 0 heterocycles. The molecule has 0 aliphatic heterocycles. The van der Waals surface area contributed by atoms with E-state index in [4.69, 9.17) is 15.1 Å². The Labute approximate surface area is 112 Å². The van der Waals surface area contributed by atoms with E-state index in [1.54, 1.807) is 24.3 Å². The summed E-state index contributed by atoms with van der Waals surface area (Å²) in [5.74, 6) is -0.164. The summed E-state index contributed by atoms with van der Waals surface area (Å²) in [6.07, 6.45) is 1.42. The number of nitriles is 1. The molecule has 1 unspecified atom stereocenters. The molecule has 0 aromatic heterocycles. The van der Waals surface area contributed by atoms with Crippen molar-refractivity contribution >= 4 is 5.97 Å². The largest absolute Gasteiger partial charge is 0.492 e. The first-order valence-corrected chi connectivity index (χ1v) is 6.26. The first-order valence-electron chi connectivity index (χ1n) is 6.26. The summed E-state index contributed by atoms with van der Waals surface area (Å²) in [4.78, 5) is 10.9. The van der Waals surface area contributed by atoms with E-state index < -0.39 is 12.0 Å². The van der Waals surface area contributed by atoms with Crippen molar-refractivity contribution in [2.45, 2.75) is 25.8 Å². The molecule has 5 heteroatoms. The lowest BCUT2D eigenvalue weighted by Crippen LogP contribution is -2.38. The zero-order valence-electron chi connectivity index (χ0n) is 10.9. The van der Waals surface area contributed by atoms with Gasteiger partial charge in [0.05, 0.1) is 11.6 Å².